The fraction of sp³-hybridized carbons (Fsp3) is 0.250. The fourth-order valence-corrected chi connectivity index (χ4v) is 1.20. The quantitative estimate of drug-likeness (QED) is 0.795. The third-order valence-corrected chi connectivity index (χ3v) is 1.92. The number of ether oxygens (including phenoxy) is 1. The Morgan fingerprint density at radius 2 is 2.07 bits per heavy atom. The second-order valence-electron chi connectivity index (χ2n) is 3.25. The third-order valence-electron chi connectivity index (χ3n) is 1.92. The molecule has 0 aliphatic heterocycles. The molecule has 0 atom stereocenters. The maximum absolute atomic E-state index is 10.5. The Morgan fingerprint density at radius 1 is 1.40 bits per heavy atom. The summed E-state index contributed by atoms with van der Waals surface area (Å²) in [6.45, 7) is 0.616. The predicted molar refractivity (Wildman–Crippen MR) is 60.0 cm³/mol. The van der Waals surface area contributed by atoms with Gasteiger partial charge in [0.15, 0.2) is 0 Å². The average Bonchev–Trinajstić information content (AvgIpc) is 2.20. The zero-order valence-corrected chi connectivity index (χ0v) is 8.77. The number of carbonyl (C=O) groups is 1. The summed E-state index contributed by atoms with van der Waals surface area (Å²) in [4.78, 5) is 10.5. The van der Waals surface area contributed by atoms with Crippen LogP contribution in [0.15, 0.2) is 30.3 Å². The van der Waals surface area contributed by atoms with Crippen molar-refractivity contribution in [3.63, 3.8) is 0 Å². The van der Waals surface area contributed by atoms with Crippen LogP contribution in [-0.4, -0.2) is 13.0 Å². The Hall–Kier alpha value is -1.61. The molecular weight excluding hydrogens is 190 g/mol. The van der Waals surface area contributed by atoms with Gasteiger partial charge in [0.1, 0.15) is 0 Å². The normalized spacial score (nSPS) is 10.7. The van der Waals surface area contributed by atoms with E-state index in [-0.39, 0.29) is 12.3 Å². The van der Waals surface area contributed by atoms with E-state index in [2.05, 4.69) is 0 Å². The minimum absolute atomic E-state index is 0.278. The van der Waals surface area contributed by atoms with Crippen molar-refractivity contribution in [1.29, 1.82) is 0 Å². The molecule has 0 unspecified atom stereocenters. The Morgan fingerprint density at radius 3 is 2.60 bits per heavy atom. The van der Waals surface area contributed by atoms with Gasteiger partial charge in [0.2, 0.25) is 5.91 Å². The Bertz CT molecular complexity index is 341. The third kappa shape index (κ3) is 4.42. The first-order valence-corrected chi connectivity index (χ1v) is 4.75. The van der Waals surface area contributed by atoms with Crippen molar-refractivity contribution in [1.82, 2.24) is 0 Å². The molecule has 0 heterocycles. The molecule has 3 nitrogen and oxygen atoms in total. The summed E-state index contributed by atoms with van der Waals surface area (Å²) >= 11 is 0. The van der Waals surface area contributed by atoms with Crippen molar-refractivity contribution in [3.8, 4) is 0 Å². The number of nitrogens with two attached hydrogens (primary N) is 1. The van der Waals surface area contributed by atoms with Crippen LogP contribution in [0.25, 0.3) is 6.08 Å². The second kappa shape index (κ2) is 5.98. The molecule has 0 radical (unpaired) electrons. The van der Waals surface area contributed by atoms with E-state index in [1.165, 1.54) is 0 Å². The Kier molecular flexibility index (Phi) is 4.57. The first-order valence-electron chi connectivity index (χ1n) is 4.75. The van der Waals surface area contributed by atoms with Gasteiger partial charge in [0, 0.05) is 13.5 Å². The molecule has 0 bridgehead atoms. The number of hydrogen-bond acceptors (Lipinski definition) is 2. The van der Waals surface area contributed by atoms with Crippen LogP contribution in [0.4, 0.5) is 0 Å². The molecule has 0 saturated carbocycles. The fourth-order valence-electron chi connectivity index (χ4n) is 1.20. The molecule has 3 heteroatoms. The Labute approximate surface area is 89.5 Å². The molecule has 0 spiro atoms. The van der Waals surface area contributed by atoms with Crippen LogP contribution in [-0.2, 0) is 16.1 Å². The number of primary amides is 1. The van der Waals surface area contributed by atoms with Gasteiger partial charge in [-0.05, 0) is 11.1 Å². The molecule has 0 aliphatic carbocycles. The number of hydrogen-bond donors (Lipinski definition) is 1. The summed E-state index contributed by atoms with van der Waals surface area (Å²) in [7, 11) is 1.67. The minimum atomic E-state index is -0.317. The van der Waals surface area contributed by atoms with Gasteiger partial charge in [-0.25, -0.2) is 0 Å². The van der Waals surface area contributed by atoms with Gasteiger partial charge >= 0.3 is 0 Å². The highest BCUT2D eigenvalue weighted by atomic mass is 16.5. The first kappa shape index (κ1) is 11.5. The van der Waals surface area contributed by atoms with Gasteiger partial charge in [-0.15, -0.1) is 0 Å². The maximum atomic E-state index is 10.5. The molecule has 1 rings (SSSR count). The molecular formula is C12H15NO2. The van der Waals surface area contributed by atoms with Crippen LogP contribution in [0.5, 0.6) is 0 Å². The SMILES string of the molecule is COCc1ccc(C=CCC(N)=O)cc1. The lowest BCUT2D eigenvalue weighted by Gasteiger charge is -1.99. The molecule has 1 aromatic carbocycles. The predicted octanol–water partition coefficient (Wildman–Crippen LogP) is 1.72. The van der Waals surface area contributed by atoms with Crippen molar-refractivity contribution >= 4 is 12.0 Å². The van der Waals surface area contributed by atoms with Crippen LogP contribution in [0.2, 0.25) is 0 Å². The molecule has 0 fully saturated rings. The summed E-state index contributed by atoms with van der Waals surface area (Å²) < 4.78 is 5.00. The molecule has 80 valence electrons. The van der Waals surface area contributed by atoms with E-state index < -0.39 is 0 Å². The van der Waals surface area contributed by atoms with E-state index in [0.717, 1.165) is 11.1 Å². The van der Waals surface area contributed by atoms with E-state index in [4.69, 9.17) is 10.5 Å². The van der Waals surface area contributed by atoms with Crippen molar-refractivity contribution < 1.29 is 9.53 Å². The lowest BCUT2D eigenvalue weighted by atomic mass is 10.1. The summed E-state index contributed by atoms with van der Waals surface area (Å²) in [5, 5.41) is 0. The highest BCUT2D eigenvalue weighted by molar-refractivity contribution is 5.76. The van der Waals surface area contributed by atoms with Gasteiger partial charge in [-0.3, -0.25) is 4.79 Å². The standard InChI is InChI=1S/C12H15NO2/c1-15-9-11-7-5-10(6-8-11)3-2-4-12(13)14/h2-3,5-8H,4,9H2,1H3,(H2,13,14). The molecule has 2 N–H and O–H groups in total. The molecule has 0 aliphatic rings. The van der Waals surface area contributed by atoms with Gasteiger partial charge in [0.25, 0.3) is 0 Å². The van der Waals surface area contributed by atoms with Crippen LogP contribution in [0.3, 0.4) is 0 Å². The van der Waals surface area contributed by atoms with E-state index in [1.54, 1.807) is 13.2 Å². The highest BCUT2D eigenvalue weighted by Gasteiger charge is 1.92. The maximum Gasteiger partial charge on any atom is 0.221 e. The summed E-state index contributed by atoms with van der Waals surface area (Å²) in [6, 6.07) is 7.94. The van der Waals surface area contributed by atoms with Crippen molar-refractivity contribution in [2.75, 3.05) is 7.11 Å². The van der Waals surface area contributed by atoms with E-state index in [9.17, 15) is 4.79 Å². The Balaban J connectivity index is 2.56. The number of amides is 1. The second-order valence-corrected chi connectivity index (χ2v) is 3.25. The molecule has 15 heavy (non-hydrogen) atoms. The topological polar surface area (TPSA) is 52.3 Å². The van der Waals surface area contributed by atoms with Crippen LogP contribution in [0, 0.1) is 0 Å². The van der Waals surface area contributed by atoms with Crippen LogP contribution >= 0.6 is 0 Å². The molecule has 0 saturated heterocycles. The van der Waals surface area contributed by atoms with Crippen LogP contribution < -0.4 is 5.73 Å². The van der Waals surface area contributed by atoms with Crippen molar-refractivity contribution in [2.24, 2.45) is 5.73 Å². The summed E-state index contributed by atoms with van der Waals surface area (Å²) in [5.41, 5.74) is 7.19. The number of carbonyl (C=O) groups excluding carboxylic acids is 1. The largest absolute Gasteiger partial charge is 0.380 e. The average molecular weight is 205 g/mol. The lowest BCUT2D eigenvalue weighted by Crippen LogP contribution is -2.07. The number of methoxy groups -OCH3 is 1. The van der Waals surface area contributed by atoms with E-state index >= 15 is 0 Å². The van der Waals surface area contributed by atoms with Gasteiger partial charge in [-0.1, -0.05) is 36.4 Å². The zero-order chi connectivity index (χ0) is 11.1. The number of rotatable bonds is 5. The minimum Gasteiger partial charge on any atom is -0.380 e. The van der Waals surface area contributed by atoms with E-state index in [0.29, 0.717) is 6.61 Å². The first-order chi connectivity index (χ1) is 7.22. The van der Waals surface area contributed by atoms with Gasteiger partial charge in [0.05, 0.1) is 6.61 Å². The lowest BCUT2D eigenvalue weighted by molar-refractivity contribution is -0.117. The molecule has 0 aromatic heterocycles. The molecule has 1 aromatic rings. The van der Waals surface area contributed by atoms with E-state index in [1.807, 2.05) is 30.3 Å². The van der Waals surface area contributed by atoms with Crippen LogP contribution in [0.1, 0.15) is 17.5 Å². The monoisotopic (exact) mass is 205 g/mol. The van der Waals surface area contributed by atoms with Crippen molar-refractivity contribution in [2.45, 2.75) is 13.0 Å². The summed E-state index contributed by atoms with van der Waals surface area (Å²) in [5.74, 6) is -0.317. The molecule has 1 amide bonds. The van der Waals surface area contributed by atoms with Gasteiger partial charge in [-0.2, -0.15) is 0 Å². The van der Waals surface area contributed by atoms with Crippen molar-refractivity contribution in [3.05, 3.63) is 41.5 Å². The number of benzene rings is 1. The highest BCUT2D eigenvalue weighted by Crippen LogP contribution is 2.07. The zero-order valence-electron chi connectivity index (χ0n) is 8.77. The smallest absolute Gasteiger partial charge is 0.221 e. The van der Waals surface area contributed by atoms with Gasteiger partial charge < -0.3 is 10.5 Å². The summed E-state index contributed by atoms with van der Waals surface area (Å²) in [6.07, 6.45) is 3.91.